The number of ether oxygens (including phenoxy) is 3. The van der Waals surface area contributed by atoms with Gasteiger partial charge in [0.15, 0.2) is 11.5 Å². The van der Waals surface area contributed by atoms with Gasteiger partial charge in [0.25, 0.3) is 5.91 Å². The maximum absolute atomic E-state index is 12.8. The summed E-state index contributed by atoms with van der Waals surface area (Å²) in [5, 5.41) is 6.84. The first-order valence-corrected chi connectivity index (χ1v) is 7.84. The molecule has 134 valence electrons. The van der Waals surface area contributed by atoms with E-state index in [0.29, 0.717) is 36.2 Å². The summed E-state index contributed by atoms with van der Waals surface area (Å²) in [4.78, 5) is 21.1. The van der Waals surface area contributed by atoms with Crippen molar-refractivity contribution in [1.29, 1.82) is 0 Å². The first-order chi connectivity index (χ1) is 12.7. The molecule has 4 rings (SSSR count). The molecule has 3 N–H and O–H groups in total. The quantitative estimate of drug-likeness (QED) is 0.686. The van der Waals surface area contributed by atoms with Crippen molar-refractivity contribution in [2.75, 3.05) is 31.4 Å². The molecule has 3 aromatic heterocycles. The normalized spacial score (nSPS) is 14.0. The van der Waals surface area contributed by atoms with Crippen molar-refractivity contribution in [3.63, 3.8) is 0 Å². The number of hydrogen-bond donors (Lipinski definition) is 2. The molecule has 10 heteroatoms. The second-order valence-electron chi connectivity index (χ2n) is 5.60. The highest BCUT2D eigenvalue weighted by atomic mass is 16.6. The highest BCUT2D eigenvalue weighted by Crippen LogP contribution is 2.25. The van der Waals surface area contributed by atoms with Crippen LogP contribution in [0.5, 0.6) is 11.6 Å². The Kier molecular flexibility index (Phi) is 4.01. The van der Waals surface area contributed by atoms with E-state index in [2.05, 4.69) is 20.4 Å². The second kappa shape index (κ2) is 6.48. The molecule has 0 unspecified atom stereocenters. The predicted octanol–water partition coefficient (Wildman–Crippen LogP) is 0.745. The fourth-order valence-corrected chi connectivity index (χ4v) is 2.50. The zero-order chi connectivity index (χ0) is 18.1. The average molecular weight is 356 g/mol. The number of rotatable bonds is 5. The van der Waals surface area contributed by atoms with Crippen molar-refractivity contribution in [2.24, 2.45) is 0 Å². The summed E-state index contributed by atoms with van der Waals surface area (Å²) >= 11 is 0. The summed E-state index contributed by atoms with van der Waals surface area (Å²) in [6, 6.07) is 3.30. The van der Waals surface area contributed by atoms with Gasteiger partial charge in [-0.05, 0) is 0 Å². The van der Waals surface area contributed by atoms with E-state index >= 15 is 0 Å². The van der Waals surface area contributed by atoms with Gasteiger partial charge in [0.05, 0.1) is 26.5 Å². The van der Waals surface area contributed by atoms with Gasteiger partial charge in [-0.15, -0.1) is 5.10 Å². The SMILES string of the molecule is COc1ccncc1NC(=O)c1c(N)nn2ccc(OC3COC3)nc12. The van der Waals surface area contributed by atoms with Crippen molar-refractivity contribution in [3.05, 3.63) is 36.3 Å². The van der Waals surface area contributed by atoms with Crippen LogP contribution in [0.3, 0.4) is 0 Å². The van der Waals surface area contributed by atoms with Gasteiger partial charge in [0, 0.05) is 24.5 Å². The third kappa shape index (κ3) is 2.86. The van der Waals surface area contributed by atoms with Gasteiger partial charge in [0.1, 0.15) is 23.1 Å². The van der Waals surface area contributed by atoms with E-state index in [-0.39, 0.29) is 17.5 Å². The van der Waals surface area contributed by atoms with Crippen LogP contribution in [-0.4, -0.2) is 51.9 Å². The number of anilines is 2. The Bertz CT molecular complexity index is 969. The number of aromatic nitrogens is 4. The molecular formula is C16H16N6O4. The van der Waals surface area contributed by atoms with Gasteiger partial charge in [0.2, 0.25) is 5.88 Å². The van der Waals surface area contributed by atoms with Crippen LogP contribution in [0.2, 0.25) is 0 Å². The van der Waals surface area contributed by atoms with Crippen molar-refractivity contribution < 1.29 is 19.0 Å². The van der Waals surface area contributed by atoms with Crippen LogP contribution in [0, 0.1) is 0 Å². The van der Waals surface area contributed by atoms with Crippen molar-refractivity contribution in [3.8, 4) is 11.6 Å². The van der Waals surface area contributed by atoms with Gasteiger partial charge in [-0.3, -0.25) is 9.78 Å². The predicted molar refractivity (Wildman–Crippen MR) is 91.4 cm³/mol. The van der Waals surface area contributed by atoms with Crippen molar-refractivity contribution >= 4 is 23.1 Å². The number of hydrogen-bond acceptors (Lipinski definition) is 8. The third-order valence-electron chi connectivity index (χ3n) is 3.86. The van der Waals surface area contributed by atoms with E-state index in [9.17, 15) is 4.79 Å². The average Bonchev–Trinajstić information content (AvgIpc) is 2.93. The van der Waals surface area contributed by atoms with Crippen LogP contribution in [0.25, 0.3) is 5.65 Å². The summed E-state index contributed by atoms with van der Waals surface area (Å²) in [6.07, 6.45) is 4.64. The lowest BCUT2D eigenvalue weighted by Crippen LogP contribution is -2.38. The van der Waals surface area contributed by atoms with Gasteiger partial charge in [-0.2, -0.15) is 4.98 Å². The molecule has 3 aromatic rings. The third-order valence-corrected chi connectivity index (χ3v) is 3.86. The lowest BCUT2D eigenvalue weighted by Gasteiger charge is -2.25. The molecule has 1 aliphatic heterocycles. The molecular weight excluding hydrogens is 340 g/mol. The zero-order valence-corrected chi connectivity index (χ0v) is 13.9. The lowest BCUT2D eigenvalue weighted by atomic mass is 10.2. The standard InChI is InChI=1S/C16H16N6O4/c1-24-11-2-4-18-6-10(11)19-16(23)13-14(17)21-22-5-3-12(20-15(13)22)26-9-7-25-8-9/h2-6,9H,7-8H2,1H3,(H2,17,21)(H,19,23). The zero-order valence-electron chi connectivity index (χ0n) is 13.9. The highest BCUT2D eigenvalue weighted by molar-refractivity contribution is 6.12. The summed E-state index contributed by atoms with van der Waals surface area (Å²) in [7, 11) is 1.50. The van der Waals surface area contributed by atoms with Crippen LogP contribution in [-0.2, 0) is 4.74 Å². The fourth-order valence-electron chi connectivity index (χ4n) is 2.50. The maximum Gasteiger partial charge on any atom is 0.263 e. The van der Waals surface area contributed by atoms with Crippen LogP contribution in [0.1, 0.15) is 10.4 Å². The Labute approximate surface area is 147 Å². The Morgan fingerprint density at radius 2 is 2.27 bits per heavy atom. The van der Waals surface area contributed by atoms with Gasteiger partial charge in [-0.1, -0.05) is 0 Å². The molecule has 0 aliphatic carbocycles. The number of fused-ring (bicyclic) bond motifs is 1. The Hall–Kier alpha value is -3.40. The molecule has 4 heterocycles. The van der Waals surface area contributed by atoms with Crippen LogP contribution in [0.4, 0.5) is 11.5 Å². The number of nitrogens with two attached hydrogens (primary N) is 1. The van der Waals surface area contributed by atoms with E-state index in [1.54, 1.807) is 24.5 Å². The first-order valence-electron chi connectivity index (χ1n) is 7.84. The highest BCUT2D eigenvalue weighted by Gasteiger charge is 2.24. The maximum atomic E-state index is 12.8. The lowest BCUT2D eigenvalue weighted by molar-refractivity contribution is -0.0812. The summed E-state index contributed by atoms with van der Waals surface area (Å²) < 4.78 is 17.4. The minimum absolute atomic E-state index is 0.0397. The van der Waals surface area contributed by atoms with E-state index in [4.69, 9.17) is 19.9 Å². The Morgan fingerprint density at radius 1 is 1.42 bits per heavy atom. The molecule has 0 spiro atoms. The molecule has 26 heavy (non-hydrogen) atoms. The van der Waals surface area contributed by atoms with Crippen LogP contribution < -0.4 is 20.5 Å². The molecule has 1 amide bonds. The van der Waals surface area contributed by atoms with E-state index in [0.717, 1.165) is 0 Å². The van der Waals surface area contributed by atoms with Gasteiger partial charge >= 0.3 is 0 Å². The Balaban J connectivity index is 1.66. The topological polar surface area (TPSA) is 126 Å². The van der Waals surface area contributed by atoms with E-state index in [1.807, 2.05) is 0 Å². The monoisotopic (exact) mass is 356 g/mol. The first kappa shape index (κ1) is 16.1. The summed E-state index contributed by atoms with van der Waals surface area (Å²) in [5.41, 5.74) is 6.78. The number of nitrogens with one attached hydrogen (secondary N) is 1. The smallest absolute Gasteiger partial charge is 0.263 e. The molecule has 10 nitrogen and oxygen atoms in total. The number of methoxy groups -OCH3 is 1. The second-order valence-corrected chi connectivity index (χ2v) is 5.60. The van der Waals surface area contributed by atoms with Crippen LogP contribution in [0.15, 0.2) is 30.7 Å². The summed E-state index contributed by atoms with van der Waals surface area (Å²) in [6.45, 7) is 1.03. The molecule has 0 aromatic carbocycles. The largest absolute Gasteiger partial charge is 0.494 e. The number of pyridine rings is 1. The molecule has 1 aliphatic rings. The molecule has 1 saturated heterocycles. The minimum atomic E-state index is -0.472. The van der Waals surface area contributed by atoms with Crippen molar-refractivity contribution in [1.82, 2.24) is 19.6 Å². The molecule has 0 atom stereocenters. The number of nitrogens with zero attached hydrogens (tertiary/aromatic N) is 4. The number of amides is 1. The molecule has 0 bridgehead atoms. The Morgan fingerprint density at radius 3 is 3.00 bits per heavy atom. The number of carbonyl (C=O) groups excluding carboxylic acids is 1. The number of carbonyl (C=O) groups is 1. The number of nitrogen functional groups attached to an aromatic ring is 1. The van der Waals surface area contributed by atoms with Crippen molar-refractivity contribution in [2.45, 2.75) is 6.10 Å². The van der Waals surface area contributed by atoms with Gasteiger partial charge < -0.3 is 25.3 Å². The van der Waals surface area contributed by atoms with Crippen LogP contribution >= 0.6 is 0 Å². The van der Waals surface area contributed by atoms with E-state index < -0.39 is 5.91 Å². The summed E-state index contributed by atoms with van der Waals surface area (Å²) in [5.74, 6) is 0.437. The van der Waals surface area contributed by atoms with Gasteiger partial charge in [-0.25, -0.2) is 4.52 Å². The van der Waals surface area contributed by atoms with E-state index in [1.165, 1.54) is 17.8 Å². The molecule has 1 fully saturated rings. The molecule has 0 radical (unpaired) electrons. The molecule has 0 saturated carbocycles. The fraction of sp³-hybridized carbons (Fsp3) is 0.250. The minimum Gasteiger partial charge on any atom is -0.494 e.